The summed E-state index contributed by atoms with van der Waals surface area (Å²) in [6.07, 6.45) is 0. The van der Waals surface area contributed by atoms with E-state index >= 15 is 0 Å². The van der Waals surface area contributed by atoms with Crippen molar-refractivity contribution < 1.29 is 9.59 Å². The molecule has 4 heteroatoms. The van der Waals surface area contributed by atoms with Crippen LogP contribution in [-0.4, -0.2) is 35.7 Å². The van der Waals surface area contributed by atoms with Crippen molar-refractivity contribution in [2.45, 2.75) is 6.92 Å². The molecule has 14 heavy (non-hydrogen) atoms. The maximum absolute atomic E-state index is 11.5. The molecule has 0 unspecified atom stereocenters. The van der Waals surface area contributed by atoms with Crippen molar-refractivity contribution >= 4 is 11.7 Å². The summed E-state index contributed by atoms with van der Waals surface area (Å²) < 4.78 is 0. The molecule has 0 N–H and O–H groups in total. The number of hydrogen-bond donors (Lipinski definition) is 0. The zero-order valence-electron chi connectivity index (χ0n) is 8.44. The highest BCUT2D eigenvalue weighted by Gasteiger charge is 2.10. The van der Waals surface area contributed by atoms with Crippen molar-refractivity contribution in [1.82, 2.24) is 9.88 Å². The van der Waals surface area contributed by atoms with Crippen LogP contribution in [-0.2, 0) is 0 Å². The van der Waals surface area contributed by atoms with Crippen molar-refractivity contribution in [2.75, 3.05) is 14.1 Å². The third-order valence-corrected chi connectivity index (χ3v) is 1.74. The third-order valence-electron chi connectivity index (χ3n) is 1.74. The monoisotopic (exact) mass is 192 g/mol. The van der Waals surface area contributed by atoms with Gasteiger partial charge in [0.05, 0.1) is 0 Å². The molecular weight excluding hydrogens is 180 g/mol. The highest BCUT2D eigenvalue weighted by molar-refractivity contribution is 5.95. The molecule has 1 amide bonds. The van der Waals surface area contributed by atoms with Crippen LogP contribution in [0.25, 0.3) is 0 Å². The van der Waals surface area contributed by atoms with Gasteiger partial charge >= 0.3 is 0 Å². The molecule has 0 radical (unpaired) electrons. The van der Waals surface area contributed by atoms with Gasteiger partial charge in [0, 0.05) is 21.0 Å². The van der Waals surface area contributed by atoms with Crippen LogP contribution in [0.3, 0.4) is 0 Å². The summed E-state index contributed by atoms with van der Waals surface area (Å²) in [6, 6.07) is 4.84. The molecule has 0 aliphatic carbocycles. The fourth-order valence-corrected chi connectivity index (χ4v) is 0.979. The van der Waals surface area contributed by atoms with Crippen LogP contribution in [0.5, 0.6) is 0 Å². The predicted molar refractivity (Wildman–Crippen MR) is 52.3 cm³/mol. The minimum atomic E-state index is -0.201. The van der Waals surface area contributed by atoms with E-state index in [2.05, 4.69) is 4.98 Å². The first-order valence-corrected chi connectivity index (χ1v) is 4.22. The van der Waals surface area contributed by atoms with Gasteiger partial charge < -0.3 is 4.90 Å². The first-order chi connectivity index (χ1) is 6.52. The van der Waals surface area contributed by atoms with Crippen LogP contribution in [0.2, 0.25) is 0 Å². The lowest BCUT2D eigenvalue weighted by molar-refractivity contribution is 0.0822. The maximum Gasteiger partial charge on any atom is 0.271 e. The van der Waals surface area contributed by atoms with Crippen molar-refractivity contribution in [1.29, 1.82) is 0 Å². The average Bonchev–Trinajstić information content (AvgIpc) is 2.16. The van der Waals surface area contributed by atoms with Gasteiger partial charge in [-0.05, 0) is 12.1 Å². The number of Topliss-reactive ketones (excluding diaryl/α,β-unsaturated/α-hetero) is 1. The Balaban J connectivity index is 3.06. The van der Waals surface area contributed by atoms with Crippen LogP contribution in [0.15, 0.2) is 18.2 Å². The second-order valence-corrected chi connectivity index (χ2v) is 3.16. The smallest absolute Gasteiger partial charge is 0.271 e. The van der Waals surface area contributed by atoms with E-state index in [0.29, 0.717) is 11.4 Å². The summed E-state index contributed by atoms with van der Waals surface area (Å²) >= 11 is 0. The number of ketones is 1. The van der Waals surface area contributed by atoms with Gasteiger partial charge in [-0.25, -0.2) is 4.98 Å². The molecule has 1 aromatic heterocycles. The maximum atomic E-state index is 11.5. The lowest BCUT2D eigenvalue weighted by atomic mass is 10.2. The zero-order chi connectivity index (χ0) is 10.7. The summed E-state index contributed by atoms with van der Waals surface area (Å²) in [5.74, 6) is -0.341. The van der Waals surface area contributed by atoms with Crippen LogP contribution in [0.1, 0.15) is 27.9 Å². The molecular formula is C10H12N2O2. The molecule has 1 rings (SSSR count). The molecule has 0 spiro atoms. The van der Waals surface area contributed by atoms with Crippen molar-refractivity contribution in [2.24, 2.45) is 0 Å². The van der Waals surface area contributed by atoms with E-state index in [9.17, 15) is 9.59 Å². The van der Waals surface area contributed by atoms with E-state index in [1.165, 1.54) is 11.8 Å². The standard InChI is InChI=1S/C10H12N2O2/c1-7(13)8-5-4-6-9(11-8)10(14)12(2)3/h4-6H,1-3H3. The number of nitrogens with zero attached hydrogens (tertiary/aromatic N) is 2. The Hall–Kier alpha value is -1.71. The van der Waals surface area contributed by atoms with Gasteiger partial charge in [-0.3, -0.25) is 9.59 Å². The topological polar surface area (TPSA) is 50.3 Å². The summed E-state index contributed by atoms with van der Waals surface area (Å²) in [7, 11) is 3.29. The second kappa shape index (κ2) is 4.00. The van der Waals surface area contributed by atoms with E-state index in [0.717, 1.165) is 0 Å². The number of hydrogen-bond acceptors (Lipinski definition) is 3. The number of aromatic nitrogens is 1. The molecule has 1 aromatic rings. The summed E-state index contributed by atoms with van der Waals surface area (Å²) in [6.45, 7) is 1.42. The molecule has 74 valence electrons. The molecule has 0 saturated carbocycles. The van der Waals surface area contributed by atoms with Crippen LogP contribution < -0.4 is 0 Å². The Morgan fingerprint density at radius 2 is 1.79 bits per heavy atom. The summed E-state index contributed by atoms with van der Waals surface area (Å²) in [5, 5.41) is 0. The van der Waals surface area contributed by atoms with E-state index in [-0.39, 0.29) is 11.7 Å². The first kappa shape index (κ1) is 10.4. The van der Waals surface area contributed by atoms with Crippen LogP contribution in [0.4, 0.5) is 0 Å². The van der Waals surface area contributed by atoms with E-state index < -0.39 is 0 Å². The first-order valence-electron chi connectivity index (χ1n) is 4.22. The Morgan fingerprint density at radius 1 is 1.21 bits per heavy atom. The van der Waals surface area contributed by atoms with Crippen LogP contribution >= 0.6 is 0 Å². The molecule has 0 aromatic carbocycles. The van der Waals surface area contributed by atoms with Gasteiger partial charge in [-0.15, -0.1) is 0 Å². The minimum absolute atomic E-state index is 0.140. The van der Waals surface area contributed by atoms with Crippen molar-refractivity contribution in [3.63, 3.8) is 0 Å². The largest absolute Gasteiger partial charge is 0.343 e. The highest BCUT2D eigenvalue weighted by atomic mass is 16.2. The molecule has 0 saturated heterocycles. The predicted octanol–water partition coefficient (Wildman–Crippen LogP) is 0.986. The van der Waals surface area contributed by atoms with Crippen molar-refractivity contribution in [3.8, 4) is 0 Å². The summed E-state index contributed by atoms with van der Waals surface area (Å²) in [5.41, 5.74) is 0.611. The van der Waals surface area contributed by atoms with Gasteiger partial charge in [0.1, 0.15) is 11.4 Å². The van der Waals surface area contributed by atoms with E-state index in [1.807, 2.05) is 0 Å². The Morgan fingerprint density at radius 3 is 2.29 bits per heavy atom. The Bertz CT molecular complexity index is 372. The third kappa shape index (κ3) is 2.16. The number of carbonyl (C=O) groups excluding carboxylic acids is 2. The quantitative estimate of drug-likeness (QED) is 0.656. The van der Waals surface area contributed by atoms with Gasteiger partial charge in [-0.2, -0.15) is 0 Å². The van der Waals surface area contributed by atoms with Gasteiger partial charge in [0.15, 0.2) is 5.78 Å². The SMILES string of the molecule is CC(=O)c1cccc(C(=O)N(C)C)n1. The van der Waals surface area contributed by atoms with Crippen molar-refractivity contribution in [3.05, 3.63) is 29.6 Å². The molecule has 0 aliphatic rings. The molecule has 4 nitrogen and oxygen atoms in total. The van der Waals surface area contributed by atoms with Gasteiger partial charge in [-0.1, -0.05) is 6.07 Å². The molecule has 0 aliphatic heterocycles. The van der Waals surface area contributed by atoms with E-state index in [4.69, 9.17) is 0 Å². The second-order valence-electron chi connectivity index (χ2n) is 3.16. The van der Waals surface area contributed by atoms with Gasteiger partial charge in [0.2, 0.25) is 0 Å². The Labute approximate surface area is 82.6 Å². The fraction of sp³-hybridized carbons (Fsp3) is 0.300. The van der Waals surface area contributed by atoms with E-state index in [1.54, 1.807) is 32.3 Å². The number of pyridine rings is 1. The average molecular weight is 192 g/mol. The fourth-order valence-electron chi connectivity index (χ4n) is 0.979. The molecule has 0 bridgehead atoms. The summed E-state index contributed by atoms with van der Waals surface area (Å²) in [4.78, 5) is 27.8. The molecule has 0 fully saturated rings. The normalized spacial score (nSPS) is 9.64. The minimum Gasteiger partial charge on any atom is -0.343 e. The zero-order valence-corrected chi connectivity index (χ0v) is 8.44. The van der Waals surface area contributed by atoms with Gasteiger partial charge in [0.25, 0.3) is 5.91 Å². The molecule has 1 heterocycles. The lowest BCUT2D eigenvalue weighted by Crippen LogP contribution is -2.23. The highest BCUT2D eigenvalue weighted by Crippen LogP contribution is 2.02. The lowest BCUT2D eigenvalue weighted by Gasteiger charge is -2.09. The number of rotatable bonds is 2. The Kier molecular flexibility index (Phi) is 2.96. The molecule has 0 atom stereocenters. The number of carbonyl (C=O) groups is 2. The van der Waals surface area contributed by atoms with Crippen LogP contribution in [0, 0.1) is 0 Å². The number of amides is 1.